The normalized spacial score (nSPS) is 29.2. The minimum Gasteiger partial charge on any atom is -0.335 e. The second-order valence-corrected chi connectivity index (χ2v) is 3.79. The molecular weight excluding hydrogens is 384 g/mol. The van der Waals surface area contributed by atoms with Crippen LogP contribution in [0.4, 0.5) is 0 Å². The minimum atomic E-state index is 0. The largest absolute Gasteiger partial charge is 0.335 e. The first-order chi connectivity index (χ1) is 4.68. The van der Waals surface area contributed by atoms with E-state index >= 15 is 0 Å². The van der Waals surface area contributed by atoms with Gasteiger partial charge in [-0.25, -0.2) is 0 Å². The molecular formula is C9H18LrN-. The van der Waals surface area contributed by atoms with Gasteiger partial charge in [0, 0.05) is 0 Å². The molecule has 1 rings (SSSR count). The smallest absolute Gasteiger partial charge is 0 e. The van der Waals surface area contributed by atoms with E-state index in [-0.39, 0.29) is 0 Å². The minimum absolute atomic E-state index is 0. The number of nitrogens with zero attached hydrogens (tertiary/aromatic N) is 1. The van der Waals surface area contributed by atoms with Gasteiger partial charge in [-0.1, -0.05) is 12.8 Å². The summed E-state index contributed by atoms with van der Waals surface area (Å²) in [4.78, 5) is 2.42. The first-order valence-electron chi connectivity index (χ1n) is 4.18. The van der Waals surface area contributed by atoms with Gasteiger partial charge in [-0.15, -0.1) is 6.54 Å². The van der Waals surface area contributed by atoms with E-state index in [0.717, 1.165) is 5.92 Å². The molecule has 75 valence electrons. The van der Waals surface area contributed by atoms with Crippen molar-refractivity contribution in [3.05, 3.63) is 5.92 Å². The van der Waals surface area contributed by atoms with E-state index in [4.69, 9.17) is 0 Å². The number of hydrogen-bond donors (Lipinski definition) is 0. The van der Waals surface area contributed by atoms with Crippen LogP contribution in [-0.4, -0.2) is 25.0 Å². The Kier molecular flexibility index (Phi) is 3.59. The third kappa shape index (κ3) is 3.03. The monoisotopic (exact) mass is 402 g/mol. The van der Waals surface area contributed by atoms with Crippen molar-refractivity contribution in [3.63, 3.8) is 0 Å². The zero-order valence-corrected chi connectivity index (χ0v) is 9.76. The predicted octanol–water partition coefficient (Wildman–Crippen LogP) is 1.94. The summed E-state index contributed by atoms with van der Waals surface area (Å²) >= 11 is 0. The first kappa shape index (κ1) is 9.96. The molecule has 0 aromatic carbocycles. The van der Waals surface area contributed by atoms with Gasteiger partial charge >= 0.3 is 0 Å². The standard InChI is InChI=1S/C9H18N.Lr/c1-8-4-5-10(3)7-9(2)6-8;/h8H,4-7H2,1-3H3;/q-1;. The average Bonchev–Trinajstić information content (AvgIpc) is 1.93. The van der Waals surface area contributed by atoms with Crippen LogP contribution in [0.2, 0.25) is 0 Å². The average molecular weight is 402 g/mol. The Hall–Kier alpha value is -1.04. The molecule has 1 radical (unpaired) electrons. The quantitative estimate of drug-likeness (QED) is 0.560. The molecule has 11 heavy (non-hydrogen) atoms. The van der Waals surface area contributed by atoms with E-state index in [0.29, 0.717) is 0 Å². The maximum atomic E-state index is 2.42. The Morgan fingerprint density at radius 3 is 2.73 bits per heavy atom. The van der Waals surface area contributed by atoms with Gasteiger partial charge in [0.1, 0.15) is 0 Å². The Labute approximate surface area is 64.4 Å². The van der Waals surface area contributed by atoms with Crippen LogP contribution in [0, 0.1) is 11.8 Å². The van der Waals surface area contributed by atoms with Crippen LogP contribution in [0.15, 0.2) is 0 Å². The Morgan fingerprint density at radius 1 is 1.45 bits per heavy atom. The summed E-state index contributed by atoms with van der Waals surface area (Å²) in [5.41, 5.74) is 0. The number of hydrogen-bond acceptors (Lipinski definition) is 1. The van der Waals surface area contributed by atoms with E-state index in [1.807, 2.05) is 0 Å². The van der Waals surface area contributed by atoms with Crippen molar-refractivity contribution >= 4 is 0 Å². The fourth-order valence-corrected chi connectivity index (χ4v) is 1.74. The van der Waals surface area contributed by atoms with E-state index < -0.39 is 0 Å². The molecule has 1 heterocycles. The third-order valence-corrected chi connectivity index (χ3v) is 2.24. The fourth-order valence-electron chi connectivity index (χ4n) is 1.74. The van der Waals surface area contributed by atoms with Gasteiger partial charge in [0.25, 0.3) is 0 Å². The summed E-state index contributed by atoms with van der Waals surface area (Å²) < 4.78 is 0. The molecule has 0 amide bonds. The molecule has 0 spiro atoms. The second kappa shape index (κ2) is 3.97. The van der Waals surface area contributed by atoms with Gasteiger partial charge in [-0.05, 0) is 20.0 Å². The van der Waals surface area contributed by atoms with Gasteiger partial charge < -0.3 is 10.8 Å². The third-order valence-electron chi connectivity index (χ3n) is 2.24. The van der Waals surface area contributed by atoms with E-state index in [1.54, 1.807) is 5.92 Å². The van der Waals surface area contributed by atoms with Crippen molar-refractivity contribution in [1.82, 2.24) is 4.90 Å². The molecule has 1 fully saturated rings. The van der Waals surface area contributed by atoms with E-state index in [9.17, 15) is 0 Å². The van der Waals surface area contributed by atoms with E-state index in [1.165, 1.54) is 25.9 Å². The molecule has 0 aromatic heterocycles. The summed E-state index contributed by atoms with van der Waals surface area (Å²) in [5.74, 6) is 2.55. The maximum Gasteiger partial charge on any atom is 0 e. The van der Waals surface area contributed by atoms with Crippen LogP contribution in [0.25, 0.3) is 0 Å². The summed E-state index contributed by atoms with van der Waals surface area (Å²) in [5, 5.41) is 0. The van der Waals surface area contributed by atoms with Gasteiger partial charge in [0.15, 0.2) is 0 Å². The van der Waals surface area contributed by atoms with Crippen molar-refractivity contribution in [2.75, 3.05) is 20.1 Å². The Morgan fingerprint density at radius 2 is 2.09 bits per heavy atom. The van der Waals surface area contributed by atoms with Gasteiger partial charge in [-0.2, -0.15) is 13.3 Å². The number of likely N-dealkylation sites (tertiary alicyclic amines) is 1. The molecule has 0 bridgehead atoms. The fraction of sp³-hybridized carbons (Fsp3) is 0.889. The zero-order valence-electron chi connectivity index (χ0n) is 7.61. The van der Waals surface area contributed by atoms with Crippen LogP contribution >= 0.6 is 0 Å². The molecule has 0 N–H and O–H groups in total. The van der Waals surface area contributed by atoms with Crippen LogP contribution in [-0.2, 0) is 0 Å². The SMILES string of the molecule is C[C-]1CC(C)CCN(C)C1.[Lr]. The number of rotatable bonds is 0. The zero-order chi connectivity index (χ0) is 7.56. The van der Waals surface area contributed by atoms with E-state index in [2.05, 4.69) is 25.8 Å². The maximum absolute atomic E-state index is 2.42. The molecule has 2 heteroatoms. The second-order valence-electron chi connectivity index (χ2n) is 3.79. The summed E-state index contributed by atoms with van der Waals surface area (Å²) in [6.07, 6.45) is 2.71. The molecule has 0 saturated carbocycles. The van der Waals surface area contributed by atoms with Crippen molar-refractivity contribution in [3.8, 4) is 0 Å². The summed E-state index contributed by atoms with van der Waals surface area (Å²) in [6.45, 7) is 7.11. The first-order valence-corrected chi connectivity index (χ1v) is 4.18. The van der Waals surface area contributed by atoms with Gasteiger partial charge in [0.05, 0.1) is 0 Å². The van der Waals surface area contributed by atoms with Crippen LogP contribution in [0.1, 0.15) is 26.7 Å². The van der Waals surface area contributed by atoms with Crippen molar-refractivity contribution in [2.24, 2.45) is 5.92 Å². The Balaban J connectivity index is 0.000001000. The van der Waals surface area contributed by atoms with Crippen molar-refractivity contribution in [2.45, 2.75) is 26.7 Å². The van der Waals surface area contributed by atoms with Crippen LogP contribution < -0.4 is 0 Å². The predicted molar refractivity (Wildman–Crippen MR) is 44.8 cm³/mol. The van der Waals surface area contributed by atoms with Crippen LogP contribution in [0.5, 0.6) is 0 Å². The molecule has 1 aliphatic heterocycles. The molecule has 1 saturated heterocycles. The van der Waals surface area contributed by atoms with Crippen LogP contribution in [0.3, 0.4) is 0 Å². The van der Waals surface area contributed by atoms with Gasteiger partial charge in [-0.3, -0.25) is 0 Å². The molecule has 1 atom stereocenters. The molecule has 1 unspecified atom stereocenters. The van der Waals surface area contributed by atoms with Gasteiger partial charge in [0.2, 0.25) is 0 Å². The molecule has 0 aromatic rings. The molecule has 1 aliphatic rings. The Bertz CT molecular complexity index is 93.7. The topological polar surface area (TPSA) is 3.24 Å². The van der Waals surface area contributed by atoms with Crippen molar-refractivity contribution in [1.29, 1.82) is 0 Å². The molecule has 0 aliphatic carbocycles. The summed E-state index contributed by atoms with van der Waals surface area (Å²) in [7, 11) is 2.21. The summed E-state index contributed by atoms with van der Waals surface area (Å²) in [6, 6.07) is 0. The van der Waals surface area contributed by atoms with Crippen molar-refractivity contribution < 1.29 is 0 Å². The molecule has 1 nitrogen and oxygen atoms in total.